The number of amides is 1. The Kier molecular flexibility index (Phi) is 4.12. The van der Waals surface area contributed by atoms with Gasteiger partial charge in [-0.25, -0.2) is 4.79 Å². The molecule has 9 heteroatoms. The summed E-state index contributed by atoms with van der Waals surface area (Å²) in [5, 5.41) is 10.8. The molecule has 0 radical (unpaired) electrons. The highest BCUT2D eigenvalue weighted by Crippen LogP contribution is 2.22. The molecule has 2 aromatic heterocycles. The number of nitrogens with one attached hydrogen (secondary N) is 1. The fourth-order valence-corrected chi connectivity index (χ4v) is 2.48. The number of hydrogen-bond acceptors (Lipinski definition) is 5. The maximum absolute atomic E-state index is 12.3. The molecular formula is C12H14BrN5O3. The zero-order valence-corrected chi connectivity index (χ0v) is 13.6. The van der Waals surface area contributed by atoms with Crippen molar-refractivity contribution in [3.63, 3.8) is 0 Å². The SMILES string of the molecule is COC(=O)c1c(NC(=O)c2nn(C)cc2Br)c(C)nn1C. The number of carbonyl (C=O) groups is 2. The Morgan fingerprint density at radius 1 is 1.33 bits per heavy atom. The number of aromatic nitrogens is 4. The van der Waals surface area contributed by atoms with E-state index in [1.54, 1.807) is 27.2 Å². The molecule has 21 heavy (non-hydrogen) atoms. The normalized spacial score (nSPS) is 10.5. The van der Waals surface area contributed by atoms with Crippen molar-refractivity contribution in [2.45, 2.75) is 6.92 Å². The Hall–Kier alpha value is -2.16. The highest BCUT2D eigenvalue weighted by Gasteiger charge is 2.24. The smallest absolute Gasteiger partial charge is 0.358 e. The van der Waals surface area contributed by atoms with Crippen LogP contribution in [0.2, 0.25) is 0 Å². The van der Waals surface area contributed by atoms with Crippen LogP contribution in [-0.2, 0) is 18.8 Å². The third-order valence-electron chi connectivity index (χ3n) is 2.84. The van der Waals surface area contributed by atoms with Gasteiger partial charge in [0.15, 0.2) is 11.4 Å². The number of esters is 1. The quantitative estimate of drug-likeness (QED) is 0.837. The Morgan fingerprint density at radius 2 is 2.00 bits per heavy atom. The van der Waals surface area contributed by atoms with Crippen LogP contribution >= 0.6 is 15.9 Å². The first-order valence-corrected chi connectivity index (χ1v) is 6.76. The zero-order chi connectivity index (χ0) is 15.7. The molecule has 0 aromatic carbocycles. The number of aryl methyl sites for hydroxylation is 3. The second-order valence-corrected chi connectivity index (χ2v) is 5.23. The number of ether oxygens (including phenoxy) is 1. The van der Waals surface area contributed by atoms with E-state index in [1.807, 2.05) is 0 Å². The molecule has 0 saturated carbocycles. The first-order chi connectivity index (χ1) is 9.85. The largest absolute Gasteiger partial charge is 0.464 e. The van der Waals surface area contributed by atoms with Crippen molar-refractivity contribution in [1.29, 1.82) is 0 Å². The van der Waals surface area contributed by atoms with Gasteiger partial charge in [-0.15, -0.1) is 0 Å². The van der Waals surface area contributed by atoms with Gasteiger partial charge < -0.3 is 10.1 Å². The summed E-state index contributed by atoms with van der Waals surface area (Å²) in [7, 11) is 4.58. The van der Waals surface area contributed by atoms with Crippen molar-refractivity contribution < 1.29 is 14.3 Å². The molecule has 0 aliphatic rings. The van der Waals surface area contributed by atoms with Gasteiger partial charge in [-0.2, -0.15) is 10.2 Å². The van der Waals surface area contributed by atoms with Crippen LogP contribution < -0.4 is 5.32 Å². The Labute approximate surface area is 129 Å². The van der Waals surface area contributed by atoms with E-state index in [1.165, 1.54) is 16.5 Å². The summed E-state index contributed by atoms with van der Waals surface area (Å²) in [5.74, 6) is -1.02. The first kappa shape index (κ1) is 15.2. The summed E-state index contributed by atoms with van der Waals surface area (Å²) in [4.78, 5) is 24.1. The van der Waals surface area contributed by atoms with Gasteiger partial charge >= 0.3 is 5.97 Å². The molecule has 1 N–H and O–H groups in total. The molecule has 0 bridgehead atoms. The number of methoxy groups -OCH3 is 1. The van der Waals surface area contributed by atoms with Gasteiger partial charge in [0.25, 0.3) is 5.91 Å². The zero-order valence-electron chi connectivity index (χ0n) is 12.0. The van der Waals surface area contributed by atoms with Crippen molar-refractivity contribution in [2.24, 2.45) is 14.1 Å². The van der Waals surface area contributed by atoms with Crippen molar-refractivity contribution >= 4 is 33.5 Å². The molecule has 0 spiro atoms. The molecule has 0 unspecified atom stereocenters. The lowest BCUT2D eigenvalue weighted by molar-refractivity contribution is 0.0589. The summed E-state index contributed by atoms with van der Waals surface area (Å²) in [6.07, 6.45) is 1.66. The van der Waals surface area contributed by atoms with Crippen molar-refractivity contribution in [2.75, 3.05) is 12.4 Å². The maximum Gasteiger partial charge on any atom is 0.358 e. The third-order valence-corrected chi connectivity index (χ3v) is 3.42. The fraction of sp³-hybridized carbons (Fsp3) is 0.333. The first-order valence-electron chi connectivity index (χ1n) is 5.97. The van der Waals surface area contributed by atoms with E-state index >= 15 is 0 Å². The lowest BCUT2D eigenvalue weighted by Gasteiger charge is -2.06. The minimum atomic E-state index is -0.575. The number of nitrogens with zero attached hydrogens (tertiary/aromatic N) is 4. The Morgan fingerprint density at radius 3 is 2.52 bits per heavy atom. The van der Waals surface area contributed by atoms with Gasteiger partial charge in [-0.3, -0.25) is 14.2 Å². The van der Waals surface area contributed by atoms with Crippen molar-refractivity contribution in [1.82, 2.24) is 19.6 Å². The van der Waals surface area contributed by atoms with E-state index in [0.717, 1.165) is 0 Å². The Balaban J connectivity index is 2.38. The number of anilines is 1. The van der Waals surface area contributed by atoms with Crippen molar-refractivity contribution in [3.05, 3.63) is 27.8 Å². The van der Waals surface area contributed by atoms with Crippen molar-refractivity contribution in [3.8, 4) is 0 Å². The number of carbonyl (C=O) groups excluding carboxylic acids is 2. The van der Waals surface area contributed by atoms with Gasteiger partial charge in [-0.05, 0) is 22.9 Å². The van der Waals surface area contributed by atoms with Crippen LogP contribution in [0.15, 0.2) is 10.7 Å². The minimum Gasteiger partial charge on any atom is -0.464 e. The average Bonchev–Trinajstić information content (AvgIpc) is 2.88. The fourth-order valence-electron chi connectivity index (χ4n) is 1.92. The minimum absolute atomic E-state index is 0.176. The monoisotopic (exact) mass is 355 g/mol. The predicted octanol–water partition coefficient (Wildman–Crippen LogP) is 1.26. The summed E-state index contributed by atoms with van der Waals surface area (Å²) in [6.45, 7) is 1.69. The maximum atomic E-state index is 12.3. The Bertz CT molecular complexity index is 719. The second-order valence-electron chi connectivity index (χ2n) is 4.38. The molecule has 0 atom stereocenters. The van der Waals surface area contributed by atoms with E-state index in [9.17, 15) is 9.59 Å². The molecule has 112 valence electrons. The highest BCUT2D eigenvalue weighted by atomic mass is 79.9. The van der Waals surface area contributed by atoms with E-state index in [0.29, 0.717) is 15.9 Å². The number of halogens is 1. The van der Waals surface area contributed by atoms with Gasteiger partial charge in [0.1, 0.15) is 0 Å². The van der Waals surface area contributed by atoms with Crippen LogP contribution in [0.3, 0.4) is 0 Å². The van der Waals surface area contributed by atoms with E-state index in [-0.39, 0.29) is 11.4 Å². The third kappa shape index (κ3) is 2.82. The van der Waals surface area contributed by atoms with Crippen LogP contribution in [-0.4, -0.2) is 38.5 Å². The molecule has 1 amide bonds. The molecule has 0 aliphatic carbocycles. The highest BCUT2D eigenvalue weighted by molar-refractivity contribution is 9.10. The molecule has 2 aromatic rings. The summed E-state index contributed by atoms with van der Waals surface area (Å²) in [6, 6.07) is 0. The van der Waals surface area contributed by atoms with E-state index in [2.05, 4.69) is 31.4 Å². The topological polar surface area (TPSA) is 91.0 Å². The van der Waals surface area contributed by atoms with Crippen LogP contribution in [0.4, 0.5) is 5.69 Å². The summed E-state index contributed by atoms with van der Waals surface area (Å²) >= 11 is 3.26. The molecule has 2 heterocycles. The van der Waals surface area contributed by atoms with E-state index in [4.69, 9.17) is 4.74 Å². The lowest BCUT2D eigenvalue weighted by atomic mass is 10.2. The van der Waals surface area contributed by atoms with Gasteiger partial charge in [0, 0.05) is 20.3 Å². The van der Waals surface area contributed by atoms with Gasteiger partial charge in [0.05, 0.1) is 23.0 Å². The average molecular weight is 356 g/mol. The van der Waals surface area contributed by atoms with Crippen LogP contribution in [0.5, 0.6) is 0 Å². The van der Waals surface area contributed by atoms with Crippen LogP contribution in [0, 0.1) is 6.92 Å². The molecule has 0 saturated heterocycles. The molecule has 0 aliphatic heterocycles. The molecule has 8 nitrogen and oxygen atoms in total. The van der Waals surface area contributed by atoms with Gasteiger partial charge in [-0.1, -0.05) is 0 Å². The van der Waals surface area contributed by atoms with Crippen LogP contribution in [0.25, 0.3) is 0 Å². The second kappa shape index (κ2) is 5.68. The number of hydrogen-bond donors (Lipinski definition) is 1. The van der Waals surface area contributed by atoms with Crippen LogP contribution in [0.1, 0.15) is 26.7 Å². The number of rotatable bonds is 3. The standard InChI is InChI=1S/C12H14BrN5O3/c1-6-8(10(12(20)21-4)18(3)15-6)14-11(19)9-7(13)5-17(2)16-9/h5H,1-4H3,(H,14,19). The molecular weight excluding hydrogens is 342 g/mol. The van der Waals surface area contributed by atoms with Gasteiger partial charge in [0.2, 0.25) is 0 Å². The summed E-state index contributed by atoms with van der Waals surface area (Å²) < 4.78 is 8.14. The molecule has 0 fully saturated rings. The molecule has 2 rings (SSSR count). The summed E-state index contributed by atoms with van der Waals surface area (Å²) in [5.41, 5.74) is 1.22. The predicted molar refractivity (Wildman–Crippen MR) is 78.1 cm³/mol. The lowest BCUT2D eigenvalue weighted by Crippen LogP contribution is -2.17. The van der Waals surface area contributed by atoms with E-state index < -0.39 is 11.9 Å².